The van der Waals surface area contributed by atoms with Crippen molar-refractivity contribution >= 4 is 34.0 Å². The molecule has 0 aliphatic carbocycles. The van der Waals surface area contributed by atoms with Gasteiger partial charge in [0, 0.05) is 6.07 Å². The van der Waals surface area contributed by atoms with Crippen LogP contribution in [0.15, 0.2) is 11.1 Å². The first-order valence-corrected chi connectivity index (χ1v) is 4.93. The van der Waals surface area contributed by atoms with Crippen LogP contribution in [0.1, 0.15) is 0 Å². The van der Waals surface area contributed by atoms with Gasteiger partial charge in [0.15, 0.2) is 0 Å². The van der Waals surface area contributed by atoms with Gasteiger partial charge < -0.3 is 4.74 Å². The van der Waals surface area contributed by atoms with E-state index >= 15 is 0 Å². The van der Waals surface area contributed by atoms with Crippen molar-refractivity contribution in [2.45, 2.75) is 8.95 Å². The summed E-state index contributed by atoms with van der Waals surface area (Å²) in [5.74, 6) is 0.181. The largest absolute Gasteiger partial charge is 0.480 e. The van der Waals surface area contributed by atoms with E-state index in [1.54, 1.807) is 0 Å². The molecule has 4 nitrogen and oxygen atoms in total. The van der Waals surface area contributed by atoms with Gasteiger partial charge in [-0.05, 0) is 0 Å². The van der Waals surface area contributed by atoms with E-state index in [9.17, 15) is 8.60 Å². The van der Waals surface area contributed by atoms with E-state index < -0.39 is 14.7 Å². The highest BCUT2D eigenvalue weighted by Gasteiger charge is 2.34. The lowest BCUT2D eigenvalue weighted by Crippen LogP contribution is -2.13. The van der Waals surface area contributed by atoms with E-state index in [1.807, 2.05) is 0 Å². The summed E-state index contributed by atoms with van der Waals surface area (Å²) in [6.45, 7) is 0. The molecule has 1 unspecified atom stereocenters. The number of hydrogen-bond acceptors (Lipinski definition) is 3. The molecule has 0 aliphatic rings. The van der Waals surface area contributed by atoms with E-state index in [4.69, 9.17) is 23.2 Å². The molecule has 1 rings (SSSR count). The number of nitrogens with zero attached hydrogens (tertiary/aromatic N) is 1. The summed E-state index contributed by atoms with van der Waals surface area (Å²) in [6, 6.07) is 1.25. The summed E-state index contributed by atoms with van der Waals surface area (Å²) in [5.41, 5.74) is 0. The van der Waals surface area contributed by atoms with Crippen LogP contribution < -0.4 is 4.74 Å². The van der Waals surface area contributed by atoms with E-state index in [-0.39, 0.29) is 10.9 Å². The van der Waals surface area contributed by atoms with Gasteiger partial charge in [-0.2, -0.15) is 4.39 Å². The van der Waals surface area contributed by atoms with E-state index in [1.165, 1.54) is 13.2 Å². The fourth-order valence-corrected chi connectivity index (χ4v) is 1.70. The van der Waals surface area contributed by atoms with Gasteiger partial charge in [0.2, 0.25) is 5.88 Å². The molecule has 0 radical (unpaired) electrons. The molecule has 1 aromatic heterocycles. The quantitative estimate of drug-likeness (QED) is 0.825. The maximum absolute atomic E-state index is 12.7. The molecule has 0 fully saturated rings. The van der Waals surface area contributed by atoms with Gasteiger partial charge in [0.25, 0.3) is 0 Å². The smallest absolute Gasteiger partial charge is 0.338 e. The van der Waals surface area contributed by atoms with Crippen molar-refractivity contribution in [2.75, 3.05) is 7.11 Å². The fourth-order valence-electron chi connectivity index (χ4n) is 0.611. The summed E-state index contributed by atoms with van der Waals surface area (Å²) in [5, 5.41) is 5.79. The van der Waals surface area contributed by atoms with Crippen LogP contribution in [-0.2, 0) is 10.8 Å². The number of hydrogen-bond donors (Lipinski definition) is 1. The number of methoxy groups -OCH3 is 1. The molecule has 0 amide bonds. The lowest BCUT2D eigenvalue weighted by Gasteiger charge is -2.05. The minimum absolute atomic E-state index is 0.0376. The SMILES string of the molecule is COc1cc(S(=O)C(F)(Cl)Cl)[nH]n1. The summed E-state index contributed by atoms with van der Waals surface area (Å²) in [6.07, 6.45) is 0. The first kappa shape index (κ1) is 10.7. The predicted octanol–water partition coefficient (Wildman–Crippen LogP) is 1.58. The maximum Gasteiger partial charge on any atom is 0.338 e. The zero-order valence-corrected chi connectivity index (χ0v) is 8.71. The second-order valence-electron chi connectivity index (χ2n) is 1.99. The Bertz CT molecular complexity index is 325. The van der Waals surface area contributed by atoms with Crippen molar-refractivity contribution in [3.8, 4) is 5.88 Å². The molecular weight excluding hydrogens is 242 g/mol. The second-order valence-corrected chi connectivity index (χ2v) is 5.21. The zero-order valence-electron chi connectivity index (χ0n) is 6.38. The molecule has 0 spiro atoms. The van der Waals surface area contributed by atoms with Crippen LogP contribution in [0.25, 0.3) is 0 Å². The minimum atomic E-state index is -2.84. The number of halogens is 3. The van der Waals surface area contributed by atoms with E-state index in [0.29, 0.717) is 0 Å². The van der Waals surface area contributed by atoms with Crippen LogP contribution >= 0.6 is 23.2 Å². The number of rotatable bonds is 3. The highest BCUT2D eigenvalue weighted by molar-refractivity contribution is 7.89. The molecule has 74 valence electrons. The molecule has 0 aromatic carbocycles. The van der Waals surface area contributed by atoms with Crippen molar-refractivity contribution < 1.29 is 13.3 Å². The van der Waals surface area contributed by atoms with Crippen molar-refractivity contribution in [1.29, 1.82) is 0 Å². The molecule has 0 aliphatic heterocycles. The van der Waals surface area contributed by atoms with Crippen molar-refractivity contribution in [2.24, 2.45) is 0 Å². The number of H-pyrrole nitrogens is 1. The Morgan fingerprint density at radius 1 is 1.77 bits per heavy atom. The van der Waals surface area contributed by atoms with Gasteiger partial charge in [0.05, 0.1) is 7.11 Å². The summed E-state index contributed by atoms with van der Waals surface area (Å²) < 4.78 is 25.7. The lowest BCUT2D eigenvalue weighted by molar-refractivity contribution is 0.397. The average molecular weight is 247 g/mol. The molecule has 1 atom stereocenters. The molecular formula is C5H5Cl2FN2O2S. The second kappa shape index (κ2) is 3.81. The number of ether oxygens (including phenoxy) is 1. The third-order valence-corrected chi connectivity index (χ3v) is 3.02. The molecule has 1 heterocycles. The summed E-state index contributed by atoms with van der Waals surface area (Å²) >= 11 is 9.96. The molecule has 1 aromatic rings. The summed E-state index contributed by atoms with van der Waals surface area (Å²) in [4.78, 5) is 0. The van der Waals surface area contributed by atoms with Crippen LogP contribution in [0.3, 0.4) is 0 Å². The first-order valence-electron chi connectivity index (χ1n) is 3.03. The topological polar surface area (TPSA) is 55.0 Å². The number of aromatic amines is 1. The molecule has 0 bridgehead atoms. The lowest BCUT2D eigenvalue weighted by atomic mass is 10.7. The normalized spacial score (nSPS) is 14.2. The Morgan fingerprint density at radius 2 is 2.38 bits per heavy atom. The van der Waals surface area contributed by atoms with E-state index in [0.717, 1.165) is 0 Å². The van der Waals surface area contributed by atoms with Gasteiger partial charge in [-0.25, -0.2) is 4.21 Å². The van der Waals surface area contributed by atoms with E-state index in [2.05, 4.69) is 14.9 Å². The van der Waals surface area contributed by atoms with Crippen LogP contribution in [0.4, 0.5) is 4.39 Å². The number of nitrogens with one attached hydrogen (secondary N) is 1. The highest BCUT2D eigenvalue weighted by atomic mass is 35.5. The Labute approximate surface area is 85.8 Å². The highest BCUT2D eigenvalue weighted by Crippen LogP contribution is 2.31. The number of alkyl halides is 3. The molecule has 8 heteroatoms. The minimum Gasteiger partial charge on any atom is -0.480 e. The van der Waals surface area contributed by atoms with Gasteiger partial charge in [-0.15, -0.1) is 5.10 Å². The van der Waals surface area contributed by atoms with Crippen LogP contribution in [0.2, 0.25) is 0 Å². The standard InChI is InChI=1S/C5H5Cl2FN2O2S/c1-12-3-2-4(10-9-3)13(11)5(6,7)8/h2H,1H3,(H,9,10). The Kier molecular flexibility index (Phi) is 3.15. The zero-order chi connectivity index (χ0) is 10.1. The van der Waals surface area contributed by atoms with Crippen molar-refractivity contribution in [1.82, 2.24) is 10.2 Å². The van der Waals surface area contributed by atoms with Gasteiger partial charge >= 0.3 is 3.92 Å². The average Bonchev–Trinajstić information content (AvgIpc) is 2.48. The molecule has 0 saturated carbocycles. The Balaban J connectivity index is 2.90. The van der Waals surface area contributed by atoms with Gasteiger partial charge in [0.1, 0.15) is 15.8 Å². The summed E-state index contributed by atoms with van der Waals surface area (Å²) in [7, 11) is -0.847. The van der Waals surface area contributed by atoms with Gasteiger partial charge in [-0.3, -0.25) is 5.10 Å². The molecule has 13 heavy (non-hydrogen) atoms. The fraction of sp³-hybridized carbons (Fsp3) is 0.400. The third kappa shape index (κ3) is 2.55. The first-order chi connectivity index (χ1) is 5.95. The van der Waals surface area contributed by atoms with Crippen molar-refractivity contribution in [3.63, 3.8) is 0 Å². The predicted molar refractivity (Wildman–Crippen MR) is 47.1 cm³/mol. The van der Waals surface area contributed by atoms with Gasteiger partial charge in [-0.1, -0.05) is 23.2 Å². The Hall–Kier alpha value is -0.330. The maximum atomic E-state index is 12.7. The Morgan fingerprint density at radius 3 is 2.77 bits per heavy atom. The van der Waals surface area contributed by atoms with Crippen LogP contribution in [-0.4, -0.2) is 25.4 Å². The van der Waals surface area contributed by atoms with Crippen LogP contribution in [0, 0.1) is 0 Å². The number of aromatic nitrogens is 2. The molecule has 0 saturated heterocycles. The van der Waals surface area contributed by atoms with Crippen molar-refractivity contribution in [3.05, 3.63) is 6.07 Å². The molecule has 1 N–H and O–H groups in total. The van der Waals surface area contributed by atoms with Crippen LogP contribution in [0.5, 0.6) is 5.88 Å². The monoisotopic (exact) mass is 246 g/mol. The third-order valence-electron chi connectivity index (χ3n) is 1.15.